The van der Waals surface area contributed by atoms with Gasteiger partial charge in [0.05, 0.1) is 12.6 Å². The highest BCUT2D eigenvalue weighted by molar-refractivity contribution is 5.90. The Hall–Kier alpha value is -3.68. The number of amides is 2. The number of benzene rings is 3. The van der Waals surface area contributed by atoms with Gasteiger partial charge in [-0.25, -0.2) is 0 Å². The van der Waals surface area contributed by atoms with Gasteiger partial charge in [0.2, 0.25) is 11.8 Å². The number of likely N-dealkylation sites (N-methyl/N-ethyl adjacent to an activating group) is 1. The van der Waals surface area contributed by atoms with Crippen molar-refractivity contribution in [3.63, 3.8) is 0 Å². The highest BCUT2D eigenvalue weighted by Crippen LogP contribution is 2.15. The molecule has 0 aromatic heterocycles. The second-order valence-corrected chi connectivity index (χ2v) is 8.78. The summed E-state index contributed by atoms with van der Waals surface area (Å²) in [4.78, 5) is 28.0. The first-order chi connectivity index (χ1) is 17.4. The standard InChI is InChI=1S/C29H36N4O3/c1-3-36-25-15-13-22(14-16-25)17-26(31)29(35)33(2)27(18-21-7-5-4-6-8-21)28(34)32-20-24-11-9-23(19-30)10-12-24/h4-16,26-27H,3,17-20,30-31H2,1-2H3,(H,32,34). The van der Waals surface area contributed by atoms with Crippen molar-refractivity contribution in [1.82, 2.24) is 10.2 Å². The Labute approximate surface area is 213 Å². The molecule has 0 saturated carbocycles. The van der Waals surface area contributed by atoms with E-state index in [9.17, 15) is 9.59 Å². The molecule has 0 fully saturated rings. The number of carbonyl (C=O) groups excluding carboxylic acids is 2. The molecule has 2 unspecified atom stereocenters. The van der Waals surface area contributed by atoms with E-state index in [-0.39, 0.29) is 11.8 Å². The minimum Gasteiger partial charge on any atom is -0.494 e. The maximum absolute atomic E-state index is 13.3. The SMILES string of the molecule is CCOc1ccc(CC(N)C(=O)N(C)C(Cc2ccccc2)C(=O)NCc2ccc(CN)cc2)cc1. The Morgan fingerprint density at radius 2 is 1.44 bits per heavy atom. The number of hydrogen-bond acceptors (Lipinski definition) is 5. The van der Waals surface area contributed by atoms with Gasteiger partial charge in [-0.1, -0.05) is 66.7 Å². The lowest BCUT2D eigenvalue weighted by molar-refractivity contribution is -0.140. The van der Waals surface area contributed by atoms with Gasteiger partial charge in [0.25, 0.3) is 0 Å². The molecule has 0 radical (unpaired) electrons. The van der Waals surface area contributed by atoms with Crippen molar-refractivity contribution in [3.05, 3.63) is 101 Å². The number of hydrogen-bond donors (Lipinski definition) is 3. The first-order valence-corrected chi connectivity index (χ1v) is 12.2. The summed E-state index contributed by atoms with van der Waals surface area (Å²) < 4.78 is 5.48. The lowest BCUT2D eigenvalue weighted by Crippen LogP contribution is -2.53. The molecule has 0 aliphatic rings. The predicted molar refractivity (Wildman–Crippen MR) is 142 cm³/mol. The molecule has 0 bridgehead atoms. The van der Waals surface area contributed by atoms with Gasteiger partial charge in [0.1, 0.15) is 11.8 Å². The van der Waals surface area contributed by atoms with Crippen LogP contribution in [0.25, 0.3) is 0 Å². The van der Waals surface area contributed by atoms with E-state index in [0.29, 0.717) is 32.5 Å². The molecule has 7 nitrogen and oxygen atoms in total. The minimum absolute atomic E-state index is 0.231. The maximum Gasteiger partial charge on any atom is 0.243 e. The fourth-order valence-corrected chi connectivity index (χ4v) is 3.99. The van der Waals surface area contributed by atoms with Crippen LogP contribution in [-0.4, -0.2) is 42.5 Å². The van der Waals surface area contributed by atoms with Crippen molar-refractivity contribution in [2.24, 2.45) is 11.5 Å². The Balaban J connectivity index is 1.69. The third-order valence-electron chi connectivity index (χ3n) is 6.12. The third kappa shape index (κ3) is 7.66. The lowest BCUT2D eigenvalue weighted by Gasteiger charge is -2.30. The first kappa shape index (κ1) is 26.9. The second kappa shape index (κ2) is 13.4. The smallest absolute Gasteiger partial charge is 0.243 e. The van der Waals surface area contributed by atoms with Gasteiger partial charge < -0.3 is 26.4 Å². The molecule has 5 N–H and O–H groups in total. The zero-order valence-corrected chi connectivity index (χ0v) is 21.0. The number of nitrogens with zero attached hydrogens (tertiary/aromatic N) is 1. The fraction of sp³-hybridized carbons (Fsp3) is 0.310. The quantitative estimate of drug-likeness (QED) is 0.363. The average Bonchev–Trinajstić information content (AvgIpc) is 2.91. The van der Waals surface area contributed by atoms with Crippen LogP contribution in [0.15, 0.2) is 78.9 Å². The summed E-state index contributed by atoms with van der Waals surface area (Å²) in [6, 6.07) is 23.5. The van der Waals surface area contributed by atoms with E-state index in [1.165, 1.54) is 4.90 Å². The molecule has 3 aromatic carbocycles. The zero-order valence-electron chi connectivity index (χ0n) is 21.0. The highest BCUT2D eigenvalue weighted by Gasteiger charge is 2.30. The van der Waals surface area contributed by atoms with E-state index in [0.717, 1.165) is 28.0 Å². The maximum atomic E-state index is 13.3. The first-order valence-electron chi connectivity index (χ1n) is 12.2. The molecule has 0 heterocycles. The monoisotopic (exact) mass is 488 g/mol. The lowest BCUT2D eigenvalue weighted by atomic mass is 10.0. The second-order valence-electron chi connectivity index (χ2n) is 8.78. The van der Waals surface area contributed by atoms with Crippen LogP contribution in [0.5, 0.6) is 5.75 Å². The van der Waals surface area contributed by atoms with Crippen LogP contribution in [0.3, 0.4) is 0 Å². The zero-order chi connectivity index (χ0) is 25.9. The van der Waals surface area contributed by atoms with Crippen LogP contribution >= 0.6 is 0 Å². The van der Waals surface area contributed by atoms with Crippen LogP contribution in [0.4, 0.5) is 0 Å². The largest absolute Gasteiger partial charge is 0.494 e. The van der Waals surface area contributed by atoms with Crippen molar-refractivity contribution in [2.75, 3.05) is 13.7 Å². The van der Waals surface area contributed by atoms with Crippen molar-refractivity contribution in [1.29, 1.82) is 0 Å². The number of nitrogens with two attached hydrogens (primary N) is 2. The van der Waals surface area contributed by atoms with Crippen LogP contribution in [0.1, 0.15) is 29.2 Å². The van der Waals surface area contributed by atoms with Gasteiger partial charge in [0.15, 0.2) is 0 Å². The Bertz CT molecular complexity index is 1100. The van der Waals surface area contributed by atoms with Gasteiger partial charge in [-0.3, -0.25) is 9.59 Å². The molecule has 2 amide bonds. The van der Waals surface area contributed by atoms with Gasteiger partial charge in [0, 0.05) is 26.6 Å². The number of rotatable bonds is 12. The summed E-state index contributed by atoms with van der Waals surface area (Å²) in [5.41, 5.74) is 15.8. The van der Waals surface area contributed by atoms with Crippen molar-refractivity contribution >= 4 is 11.8 Å². The van der Waals surface area contributed by atoms with E-state index < -0.39 is 12.1 Å². The molecule has 3 rings (SSSR count). The normalized spacial score (nSPS) is 12.4. The molecular formula is C29H36N4O3. The number of ether oxygens (including phenoxy) is 1. The van der Waals surface area contributed by atoms with E-state index in [4.69, 9.17) is 16.2 Å². The molecule has 2 atom stereocenters. The number of nitrogens with one attached hydrogen (secondary N) is 1. The van der Waals surface area contributed by atoms with Crippen molar-refractivity contribution in [2.45, 2.75) is 44.9 Å². The van der Waals surface area contributed by atoms with E-state index in [1.807, 2.05) is 85.8 Å². The van der Waals surface area contributed by atoms with Gasteiger partial charge in [-0.15, -0.1) is 0 Å². The molecular weight excluding hydrogens is 452 g/mol. The average molecular weight is 489 g/mol. The molecule has 0 aliphatic heterocycles. The summed E-state index contributed by atoms with van der Waals surface area (Å²) in [6.45, 7) is 3.34. The van der Waals surface area contributed by atoms with Gasteiger partial charge >= 0.3 is 0 Å². The third-order valence-corrected chi connectivity index (χ3v) is 6.12. The molecule has 36 heavy (non-hydrogen) atoms. The van der Waals surface area contributed by atoms with E-state index in [2.05, 4.69) is 5.32 Å². The van der Waals surface area contributed by atoms with Crippen molar-refractivity contribution in [3.8, 4) is 5.75 Å². The van der Waals surface area contributed by atoms with Crippen LogP contribution in [0, 0.1) is 0 Å². The van der Waals surface area contributed by atoms with Crippen LogP contribution < -0.4 is 21.5 Å². The van der Waals surface area contributed by atoms with Crippen LogP contribution in [0.2, 0.25) is 0 Å². The molecule has 0 aliphatic carbocycles. The Morgan fingerprint density at radius 3 is 2.06 bits per heavy atom. The van der Waals surface area contributed by atoms with Gasteiger partial charge in [-0.2, -0.15) is 0 Å². The summed E-state index contributed by atoms with van der Waals surface area (Å²) in [7, 11) is 1.64. The topological polar surface area (TPSA) is 111 Å². The van der Waals surface area contributed by atoms with E-state index in [1.54, 1.807) is 7.05 Å². The predicted octanol–water partition coefficient (Wildman–Crippen LogP) is 2.80. The van der Waals surface area contributed by atoms with E-state index >= 15 is 0 Å². The fourth-order valence-electron chi connectivity index (χ4n) is 3.99. The Kier molecular flexibility index (Phi) is 10.0. The van der Waals surface area contributed by atoms with Crippen LogP contribution in [-0.2, 0) is 35.5 Å². The number of carbonyl (C=O) groups is 2. The van der Waals surface area contributed by atoms with Crippen molar-refractivity contribution < 1.29 is 14.3 Å². The summed E-state index contributed by atoms with van der Waals surface area (Å²) in [5, 5.41) is 2.98. The summed E-state index contributed by atoms with van der Waals surface area (Å²) >= 11 is 0. The molecule has 190 valence electrons. The minimum atomic E-state index is -0.775. The molecule has 3 aromatic rings. The summed E-state index contributed by atoms with van der Waals surface area (Å²) in [5.74, 6) is 0.258. The van der Waals surface area contributed by atoms with Gasteiger partial charge in [-0.05, 0) is 47.7 Å². The molecule has 7 heteroatoms. The molecule has 0 saturated heterocycles. The summed E-state index contributed by atoms with van der Waals surface area (Å²) in [6.07, 6.45) is 0.750. The highest BCUT2D eigenvalue weighted by atomic mass is 16.5. The Morgan fingerprint density at radius 1 is 0.861 bits per heavy atom. The molecule has 0 spiro atoms.